The molecule has 0 bridgehead atoms. The van der Waals surface area contributed by atoms with Gasteiger partial charge in [0, 0.05) is 19.6 Å². The summed E-state index contributed by atoms with van der Waals surface area (Å²) in [6, 6.07) is 8.59. The van der Waals surface area contributed by atoms with Crippen molar-refractivity contribution in [2.75, 3.05) is 19.6 Å². The van der Waals surface area contributed by atoms with Crippen molar-refractivity contribution in [3.63, 3.8) is 0 Å². The Balaban J connectivity index is 1.76. The van der Waals surface area contributed by atoms with Gasteiger partial charge in [-0.05, 0) is 42.9 Å². The molecular weight excluding hydrogens is 262 g/mol. The molecule has 4 heteroatoms. The molecule has 0 aromatic heterocycles. The summed E-state index contributed by atoms with van der Waals surface area (Å²) >= 11 is 0. The summed E-state index contributed by atoms with van der Waals surface area (Å²) < 4.78 is 0. The third-order valence-electron chi connectivity index (χ3n) is 4.89. The van der Waals surface area contributed by atoms with Gasteiger partial charge in [-0.3, -0.25) is 9.69 Å². The number of likely N-dealkylation sites (N-methyl/N-ethyl adjacent to an activating group) is 1. The van der Waals surface area contributed by atoms with E-state index in [1.54, 1.807) is 0 Å². The Bertz CT molecular complexity index is 527. The molecule has 2 aliphatic rings. The molecule has 3 N–H and O–H groups in total. The third-order valence-corrected chi connectivity index (χ3v) is 4.89. The highest BCUT2D eigenvalue weighted by Gasteiger charge is 2.50. The minimum atomic E-state index is -0.541. The van der Waals surface area contributed by atoms with Crippen LogP contribution in [-0.4, -0.2) is 36.0 Å². The molecular formula is C17H25N3O. The molecule has 1 aromatic rings. The number of hydrogen-bond acceptors (Lipinski definition) is 3. The first-order valence-electron chi connectivity index (χ1n) is 8.00. The monoisotopic (exact) mass is 287 g/mol. The number of primary amides is 1. The quantitative estimate of drug-likeness (QED) is 0.829. The lowest BCUT2D eigenvalue weighted by Crippen LogP contribution is -2.63. The van der Waals surface area contributed by atoms with Gasteiger partial charge in [0.2, 0.25) is 5.91 Å². The highest BCUT2D eigenvalue weighted by molar-refractivity contribution is 5.86. The van der Waals surface area contributed by atoms with Gasteiger partial charge in [0.15, 0.2) is 0 Å². The van der Waals surface area contributed by atoms with Crippen molar-refractivity contribution in [2.24, 2.45) is 11.7 Å². The van der Waals surface area contributed by atoms with E-state index in [-0.39, 0.29) is 5.91 Å². The average molecular weight is 287 g/mol. The van der Waals surface area contributed by atoms with Crippen molar-refractivity contribution in [3.05, 3.63) is 35.4 Å². The zero-order chi connectivity index (χ0) is 14.9. The Morgan fingerprint density at radius 3 is 2.71 bits per heavy atom. The van der Waals surface area contributed by atoms with Crippen molar-refractivity contribution < 1.29 is 4.79 Å². The number of nitrogens with zero attached hydrogens (tertiary/aromatic N) is 1. The third kappa shape index (κ3) is 2.83. The standard InChI is InChI=1S/C17H25N3O/c1-2-19-17(16(18)21,15-7-8-15)12-20-10-9-13-5-3-4-6-14(13)11-20/h3-6,15,19H,2,7-12H2,1H3,(H2,18,21). The Labute approximate surface area is 126 Å². The van der Waals surface area contributed by atoms with Crippen LogP contribution in [0.1, 0.15) is 30.9 Å². The molecule has 1 aliphatic heterocycles. The summed E-state index contributed by atoms with van der Waals surface area (Å²) in [4.78, 5) is 14.5. The number of nitrogens with one attached hydrogen (secondary N) is 1. The van der Waals surface area contributed by atoms with E-state index in [2.05, 4.69) is 34.5 Å². The van der Waals surface area contributed by atoms with Crippen LogP contribution in [-0.2, 0) is 17.8 Å². The van der Waals surface area contributed by atoms with Crippen LogP contribution in [0.15, 0.2) is 24.3 Å². The molecule has 0 spiro atoms. The molecule has 1 aliphatic carbocycles. The number of carbonyl (C=O) groups excluding carboxylic acids is 1. The Morgan fingerprint density at radius 2 is 2.10 bits per heavy atom. The fourth-order valence-corrected chi connectivity index (χ4v) is 3.63. The molecule has 1 amide bonds. The lowest BCUT2D eigenvalue weighted by Gasteiger charge is -2.39. The zero-order valence-corrected chi connectivity index (χ0v) is 12.8. The summed E-state index contributed by atoms with van der Waals surface area (Å²) in [5, 5.41) is 3.41. The van der Waals surface area contributed by atoms with Crippen LogP contribution >= 0.6 is 0 Å². The SMILES string of the molecule is CCNC(CN1CCc2ccccc2C1)(C(N)=O)C1CC1. The number of rotatable bonds is 6. The van der Waals surface area contributed by atoms with Crippen LogP contribution in [0.25, 0.3) is 0 Å². The summed E-state index contributed by atoms with van der Waals surface area (Å²) in [7, 11) is 0. The van der Waals surface area contributed by atoms with Crippen LogP contribution < -0.4 is 11.1 Å². The Kier molecular flexibility index (Phi) is 4.00. The predicted octanol–water partition coefficient (Wildman–Crippen LogP) is 1.29. The maximum atomic E-state index is 12.1. The van der Waals surface area contributed by atoms with E-state index in [1.165, 1.54) is 11.1 Å². The van der Waals surface area contributed by atoms with Crippen molar-refractivity contribution in [2.45, 2.75) is 38.3 Å². The van der Waals surface area contributed by atoms with E-state index in [0.717, 1.165) is 45.4 Å². The van der Waals surface area contributed by atoms with Gasteiger partial charge < -0.3 is 11.1 Å². The van der Waals surface area contributed by atoms with Crippen molar-refractivity contribution in [1.29, 1.82) is 0 Å². The molecule has 1 unspecified atom stereocenters. The number of hydrogen-bond donors (Lipinski definition) is 2. The summed E-state index contributed by atoms with van der Waals surface area (Å²) in [5.41, 5.74) is 8.06. The van der Waals surface area contributed by atoms with E-state index >= 15 is 0 Å². The van der Waals surface area contributed by atoms with Crippen molar-refractivity contribution in [3.8, 4) is 0 Å². The van der Waals surface area contributed by atoms with Crippen LogP contribution in [0.2, 0.25) is 0 Å². The van der Waals surface area contributed by atoms with Gasteiger partial charge in [-0.25, -0.2) is 0 Å². The van der Waals surface area contributed by atoms with Crippen LogP contribution in [0.5, 0.6) is 0 Å². The molecule has 3 rings (SSSR count). The number of fused-ring (bicyclic) bond motifs is 1. The highest BCUT2D eigenvalue weighted by atomic mass is 16.1. The highest BCUT2D eigenvalue weighted by Crippen LogP contribution is 2.40. The second kappa shape index (κ2) is 5.78. The first-order chi connectivity index (χ1) is 10.2. The van der Waals surface area contributed by atoms with E-state index in [4.69, 9.17) is 5.73 Å². The first-order valence-corrected chi connectivity index (χ1v) is 8.00. The fourth-order valence-electron chi connectivity index (χ4n) is 3.63. The molecule has 1 heterocycles. The normalized spacial score (nSPS) is 21.6. The van der Waals surface area contributed by atoms with Gasteiger partial charge in [0.25, 0.3) is 0 Å². The molecule has 4 nitrogen and oxygen atoms in total. The topological polar surface area (TPSA) is 58.4 Å². The predicted molar refractivity (Wildman–Crippen MR) is 83.7 cm³/mol. The molecule has 1 atom stereocenters. The van der Waals surface area contributed by atoms with Gasteiger partial charge in [-0.2, -0.15) is 0 Å². The number of carbonyl (C=O) groups is 1. The zero-order valence-electron chi connectivity index (χ0n) is 12.8. The molecule has 1 saturated carbocycles. The van der Waals surface area contributed by atoms with E-state index in [1.807, 2.05) is 6.92 Å². The summed E-state index contributed by atoms with van der Waals surface area (Å²) in [6.45, 7) is 5.48. The minimum absolute atomic E-state index is 0.189. The van der Waals surface area contributed by atoms with E-state index < -0.39 is 5.54 Å². The summed E-state index contributed by atoms with van der Waals surface area (Å²) in [6.07, 6.45) is 3.28. The van der Waals surface area contributed by atoms with Gasteiger partial charge in [-0.1, -0.05) is 31.2 Å². The second-order valence-electron chi connectivity index (χ2n) is 6.37. The lowest BCUT2D eigenvalue weighted by atomic mass is 9.89. The van der Waals surface area contributed by atoms with Gasteiger partial charge in [-0.15, -0.1) is 0 Å². The van der Waals surface area contributed by atoms with Gasteiger partial charge >= 0.3 is 0 Å². The van der Waals surface area contributed by atoms with Gasteiger partial charge in [0.05, 0.1) is 0 Å². The first kappa shape index (κ1) is 14.5. The van der Waals surface area contributed by atoms with Crippen LogP contribution in [0.4, 0.5) is 0 Å². The maximum Gasteiger partial charge on any atom is 0.239 e. The summed E-state index contributed by atoms with van der Waals surface area (Å²) in [5.74, 6) is 0.220. The average Bonchev–Trinajstić information content (AvgIpc) is 3.31. The fraction of sp³-hybridized carbons (Fsp3) is 0.588. The Morgan fingerprint density at radius 1 is 1.38 bits per heavy atom. The van der Waals surface area contributed by atoms with Crippen LogP contribution in [0.3, 0.4) is 0 Å². The molecule has 0 saturated heterocycles. The van der Waals surface area contributed by atoms with Gasteiger partial charge in [0.1, 0.15) is 5.54 Å². The van der Waals surface area contributed by atoms with Crippen molar-refractivity contribution >= 4 is 5.91 Å². The van der Waals surface area contributed by atoms with E-state index in [9.17, 15) is 4.79 Å². The minimum Gasteiger partial charge on any atom is -0.368 e. The van der Waals surface area contributed by atoms with E-state index in [0.29, 0.717) is 5.92 Å². The Hall–Kier alpha value is -1.39. The van der Waals surface area contributed by atoms with Crippen LogP contribution in [0, 0.1) is 5.92 Å². The molecule has 1 aromatic carbocycles. The smallest absolute Gasteiger partial charge is 0.239 e. The number of nitrogens with two attached hydrogens (primary N) is 1. The van der Waals surface area contributed by atoms with Crippen molar-refractivity contribution in [1.82, 2.24) is 10.2 Å². The molecule has 21 heavy (non-hydrogen) atoms. The largest absolute Gasteiger partial charge is 0.368 e. The molecule has 0 radical (unpaired) electrons. The molecule has 1 fully saturated rings. The maximum absolute atomic E-state index is 12.1. The molecule has 114 valence electrons. The number of amides is 1. The number of benzene rings is 1. The second-order valence-corrected chi connectivity index (χ2v) is 6.37. The lowest BCUT2D eigenvalue weighted by molar-refractivity contribution is -0.126.